The van der Waals surface area contributed by atoms with Gasteiger partial charge in [-0.1, -0.05) is 18.6 Å². The Balaban J connectivity index is 1.67. The fourth-order valence-corrected chi connectivity index (χ4v) is 3.47. The highest BCUT2D eigenvalue weighted by atomic mass is 16.5. The lowest BCUT2D eigenvalue weighted by atomic mass is 9.99. The van der Waals surface area contributed by atoms with E-state index in [4.69, 9.17) is 10.5 Å². The van der Waals surface area contributed by atoms with E-state index in [1.54, 1.807) is 17.0 Å². The molecule has 1 saturated heterocycles. The summed E-state index contributed by atoms with van der Waals surface area (Å²) in [7, 11) is 0. The number of ether oxygens (including phenoxy) is 1. The number of para-hydroxylation sites is 1. The van der Waals surface area contributed by atoms with Gasteiger partial charge >= 0.3 is 0 Å². The first kappa shape index (κ1) is 16.9. The van der Waals surface area contributed by atoms with Crippen molar-refractivity contribution in [2.24, 2.45) is 11.7 Å². The molecule has 0 spiro atoms. The molecule has 0 bridgehead atoms. The summed E-state index contributed by atoms with van der Waals surface area (Å²) in [5.74, 6) is 0.110. The molecule has 0 unspecified atom stereocenters. The predicted octanol–water partition coefficient (Wildman–Crippen LogP) is 1.61. The molecule has 2 amide bonds. The number of anilines is 1. The molecule has 2 fully saturated rings. The third kappa shape index (κ3) is 3.94. The van der Waals surface area contributed by atoms with Crippen LogP contribution in [0, 0.1) is 5.92 Å². The highest BCUT2D eigenvalue weighted by molar-refractivity contribution is 6.03. The van der Waals surface area contributed by atoms with Gasteiger partial charge in [-0.25, -0.2) is 0 Å². The van der Waals surface area contributed by atoms with Gasteiger partial charge in [0, 0.05) is 25.6 Å². The maximum atomic E-state index is 12.7. The molecule has 2 atom stereocenters. The number of nitrogens with zero attached hydrogens (tertiary/aromatic N) is 1. The van der Waals surface area contributed by atoms with Crippen molar-refractivity contribution in [3.8, 4) is 0 Å². The van der Waals surface area contributed by atoms with Gasteiger partial charge in [0.1, 0.15) is 0 Å². The summed E-state index contributed by atoms with van der Waals surface area (Å²) in [6.07, 6.45) is 3.50. The van der Waals surface area contributed by atoms with Crippen molar-refractivity contribution < 1.29 is 14.3 Å². The molecule has 1 aliphatic carbocycles. The zero-order valence-electron chi connectivity index (χ0n) is 13.9. The minimum absolute atomic E-state index is 0.0632. The van der Waals surface area contributed by atoms with Gasteiger partial charge in [0.05, 0.1) is 24.5 Å². The minimum Gasteiger partial charge on any atom is -0.378 e. The molecular weight excluding hydrogens is 306 g/mol. The molecule has 1 heterocycles. The molecule has 24 heavy (non-hydrogen) atoms. The van der Waals surface area contributed by atoms with Crippen LogP contribution in [-0.2, 0) is 9.53 Å². The van der Waals surface area contributed by atoms with E-state index >= 15 is 0 Å². The number of amides is 2. The van der Waals surface area contributed by atoms with Crippen LogP contribution in [0.3, 0.4) is 0 Å². The Labute approximate surface area is 142 Å². The van der Waals surface area contributed by atoms with E-state index in [2.05, 4.69) is 5.32 Å². The average molecular weight is 331 g/mol. The van der Waals surface area contributed by atoms with E-state index < -0.39 is 0 Å². The van der Waals surface area contributed by atoms with Gasteiger partial charge < -0.3 is 20.7 Å². The smallest absolute Gasteiger partial charge is 0.256 e. The zero-order valence-corrected chi connectivity index (χ0v) is 13.9. The number of hydrogen-bond acceptors (Lipinski definition) is 4. The first-order valence-electron chi connectivity index (χ1n) is 8.66. The maximum absolute atomic E-state index is 12.7. The average Bonchev–Trinajstić information content (AvgIpc) is 3.00. The number of hydrogen-bond donors (Lipinski definition) is 2. The number of nitrogens with one attached hydrogen (secondary N) is 1. The van der Waals surface area contributed by atoms with Crippen LogP contribution in [0.2, 0.25) is 0 Å². The zero-order chi connectivity index (χ0) is 16.9. The number of morpholine rings is 1. The number of benzene rings is 1. The number of rotatable bonds is 4. The Morgan fingerprint density at radius 2 is 1.96 bits per heavy atom. The van der Waals surface area contributed by atoms with Gasteiger partial charge in [-0.15, -0.1) is 0 Å². The lowest BCUT2D eigenvalue weighted by molar-refractivity contribution is -0.117. The van der Waals surface area contributed by atoms with E-state index in [0.717, 1.165) is 19.3 Å². The molecule has 0 radical (unpaired) electrons. The van der Waals surface area contributed by atoms with E-state index in [1.807, 2.05) is 12.1 Å². The Morgan fingerprint density at radius 1 is 1.21 bits per heavy atom. The molecule has 1 saturated carbocycles. The summed E-state index contributed by atoms with van der Waals surface area (Å²) in [6.45, 7) is 2.27. The Hall–Kier alpha value is -1.92. The van der Waals surface area contributed by atoms with Crippen LogP contribution in [0.5, 0.6) is 0 Å². The molecular formula is C18H25N3O3. The van der Waals surface area contributed by atoms with Gasteiger partial charge in [-0.2, -0.15) is 0 Å². The van der Waals surface area contributed by atoms with Crippen molar-refractivity contribution >= 4 is 17.5 Å². The lowest BCUT2D eigenvalue weighted by Gasteiger charge is -2.27. The summed E-state index contributed by atoms with van der Waals surface area (Å²) in [5.41, 5.74) is 7.15. The molecule has 0 aromatic heterocycles. The fourth-order valence-electron chi connectivity index (χ4n) is 3.47. The molecule has 3 rings (SSSR count). The van der Waals surface area contributed by atoms with Crippen LogP contribution in [-0.4, -0.2) is 49.1 Å². The third-order valence-corrected chi connectivity index (χ3v) is 4.90. The number of carbonyl (C=O) groups excluding carboxylic acids is 2. The Morgan fingerprint density at radius 3 is 2.67 bits per heavy atom. The van der Waals surface area contributed by atoms with Crippen LogP contribution in [0.25, 0.3) is 0 Å². The second-order valence-corrected chi connectivity index (χ2v) is 6.56. The largest absolute Gasteiger partial charge is 0.378 e. The molecule has 6 nitrogen and oxygen atoms in total. The van der Waals surface area contributed by atoms with Gasteiger partial charge in [0.15, 0.2) is 0 Å². The molecule has 6 heteroatoms. The van der Waals surface area contributed by atoms with Crippen molar-refractivity contribution in [1.29, 1.82) is 0 Å². The van der Waals surface area contributed by atoms with Crippen molar-refractivity contribution in [2.75, 3.05) is 31.6 Å². The molecule has 130 valence electrons. The van der Waals surface area contributed by atoms with E-state index in [1.165, 1.54) is 0 Å². The highest BCUT2D eigenvalue weighted by Gasteiger charge is 2.27. The fraction of sp³-hybridized carbons (Fsp3) is 0.556. The monoisotopic (exact) mass is 331 g/mol. The van der Waals surface area contributed by atoms with Crippen molar-refractivity contribution in [1.82, 2.24) is 4.90 Å². The summed E-state index contributed by atoms with van der Waals surface area (Å²) in [6, 6.07) is 7.29. The molecule has 3 N–H and O–H groups in total. The lowest BCUT2D eigenvalue weighted by Crippen LogP contribution is -2.41. The standard InChI is InChI=1S/C18H25N3O3/c19-15-6-3-4-13(15)12-17(22)20-16-7-2-1-5-14(16)18(23)21-8-10-24-11-9-21/h1-2,5,7,13,15H,3-4,6,8-12,19H2,(H,20,22)/t13-,15+/m0/s1. The van der Waals surface area contributed by atoms with Gasteiger partial charge in [0.25, 0.3) is 5.91 Å². The van der Waals surface area contributed by atoms with E-state index in [-0.39, 0.29) is 23.8 Å². The van der Waals surface area contributed by atoms with Gasteiger partial charge in [-0.3, -0.25) is 9.59 Å². The summed E-state index contributed by atoms with van der Waals surface area (Å²) in [4.78, 5) is 26.8. The topological polar surface area (TPSA) is 84.7 Å². The minimum atomic E-state index is -0.0698. The summed E-state index contributed by atoms with van der Waals surface area (Å²) >= 11 is 0. The van der Waals surface area contributed by atoms with Crippen LogP contribution < -0.4 is 11.1 Å². The second-order valence-electron chi connectivity index (χ2n) is 6.56. The SMILES string of the molecule is N[C@@H]1CCC[C@H]1CC(=O)Nc1ccccc1C(=O)N1CCOCC1. The van der Waals surface area contributed by atoms with E-state index in [0.29, 0.717) is 44.0 Å². The first-order chi connectivity index (χ1) is 11.6. The maximum Gasteiger partial charge on any atom is 0.256 e. The van der Waals surface area contributed by atoms with Crippen molar-refractivity contribution in [3.63, 3.8) is 0 Å². The third-order valence-electron chi connectivity index (χ3n) is 4.90. The predicted molar refractivity (Wildman–Crippen MR) is 91.7 cm³/mol. The molecule has 1 aromatic rings. The summed E-state index contributed by atoms with van der Waals surface area (Å²) in [5, 5.41) is 2.90. The Kier molecular flexibility index (Phi) is 5.48. The van der Waals surface area contributed by atoms with E-state index in [9.17, 15) is 9.59 Å². The number of nitrogens with two attached hydrogens (primary N) is 1. The molecule has 1 aliphatic heterocycles. The van der Waals surface area contributed by atoms with Crippen LogP contribution >= 0.6 is 0 Å². The Bertz CT molecular complexity index is 599. The quantitative estimate of drug-likeness (QED) is 0.878. The van der Waals surface area contributed by atoms with Crippen LogP contribution in [0.1, 0.15) is 36.0 Å². The normalized spacial score (nSPS) is 24.0. The van der Waals surface area contributed by atoms with Crippen molar-refractivity contribution in [2.45, 2.75) is 31.7 Å². The van der Waals surface area contributed by atoms with Crippen molar-refractivity contribution in [3.05, 3.63) is 29.8 Å². The van der Waals surface area contributed by atoms with Crippen LogP contribution in [0.4, 0.5) is 5.69 Å². The number of carbonyl (C=O) groups is 2. The molecule has 2 aliphatic rings. The molecule has 1 aromatic carbocycles. The summed E-state index contributed by atoms with van der Waals surface area (Å²) < 4.78 is 5.29. The first-order valence-corrected chi connectivity index (χ1v) is 8.66. The van der Waals surface area contributed by atoms with Gasteiger partial charge in [0.2, 0.25) is 5.91 Å². The second kappa shape index (κ2) is 7.77. The van der Waals surface area contributed by atoms with Crippen LogP contribution in [0.15, 0.2) is 24.3 Å². The van der Waals surface area contributed by atoms with Gasteiger partial charge in [-0.05, 0) is 30.9 Å². The highest BCUT2D eigenvalue weighted by Crippen LogP contribution is 2.27.